The van der Waals surface area contributed by atoms with Crippen LogP contribution >= 0.6 is 15.9 Å². The Morgan fingerprint density at radius 2 is 2.31 bits per heavy atom. The van der Waals surface area contributed by atoms with Crippen LogP contribution in [-0.4, -0.2) is 25.3 Å². The summed E-state index contributed by atoms with van der Waals surface area (Å²) in [5.74, 6) is 1.21. The van der Waals surface area contributed by atoms with Gasteiger partial charge >= 0.3 is 0 Å². The van der Waals surface area contributed by atoms with Gasteiger partial charge in [0.15, 0.2) is 11.5 Å². The second-order valence-corrected chi connectivity index (χ2v) is 4.95. The SMILES string of the molecule is COc1cc(C)c(C2CCNC2)c(Br)c1O. The van der Waals surface area contributed by atoms with E-state index >= 15 is 0 Å². The lowest BCUT2D eigenvalue weighted by Gasteiger charge is -2.17. The number of phenols is 1. The van der Waals surface area contributed by atoms with Crippen LogP contribution in [0, 0.1) is 6.92 Å². The quantitative estimate of drug-likeness (QED) is 0.878. The first-order chi connectivity index (χ1) is 7.65. The topological polar surface area (TPSA) is 41.5 Å². The summed E-state index contributed by atoms with van der Waals surface area (Å²) in [6.45, 7) is 4.08. The van der Waals surface area contributed by atoms with E-state index in [0.717, 1.165) is 29.5 Å². The molecule has 0 aromatic heterocycles. The van der Waals surface area contributed by atoms with Crippen LogP contribution in [0.25, 0.3) is 0 Å². The maximum Gasteiger partial charge on any atom is 0.172 e. The minimum absolute atomic E-state index is 0.204. The van der Waals surface area contributed by atoms with E-state index in [1.165, 1.54) is 5.56 Å². The van der Waals surface area contributed by atoms with Crippen molar-refractivity contribution in [2.45, 2.75) is 19.3 Å². The van der Waals surface area contributed by atoms with E-state index in [2.05, 4.69) is 28.2 Å². The van der Waals surface area contributed by atoms with Crippen LogP contribution in [0.4, 0.5) is 0 Å². The van der Waals surface area contributed by atoms with Crippen molar-refractivity contribution in [3.63, 3.8) is 0 Å². The maximum atomic E-state index is 9.97. The summed E-state index contributed by atoms with van der Waals surface area (Å²) in [4.78, 5) is 0. The van der Waals surface area contributed by atoms with Crippen molar-refractivity contribution in [3.8, 4) is 11.5 Å². The Bertz CT molecular complexity index is 400. The lowest BCUT2D eigenvalue weighted by Crippen LogP contribution is -2.09. The molecule has 1 saturated heterocycles. The summed E-state index contributed by atoms with van der Waals surface area (Å²) >= 11 is 3.47. The Morgan fingerprint density at radius 1 is 1.56 bits per heavy atom. The monoisotopic (exact) mass is 285 g/mol. The number of methoxy groups -OCH3 is 1. The molecule has 1 aromatic carbocycles. The molecular weight excluding hydrogens is 270 g/mol. The Balaban J connectivity index is 2.48. The summed E-state index contributed by atoms with van der Waals surface area (Å²) in [5, 5.41) is 13.3. The Kier molecular flexibility index (Phi) is 3.40. The van der Waals surface area contributed by atoms with Gasteiger partial charge in [0.25, 0.3) is 0 Å². The van der Waals surface area contributed by atoms with Gasteiger partial charge in [-0.2, -0.15) is 0 Å². The average molecular weight is 286 g/mol. The number of nitrogens with one attached hydrogen (secondary N) is 1. The highest BCUT2D eigenvalue weighted by molar-refractivity contribution is 9.10. The standard InChI is InChI=1S/C12H16BrNO2/c1-7-5-9(16-2)12(15)11(13)10(7)8-3-4-14-6-8/h5,8,14-15H,3-4,6H2,1-2H3. The fraction of sp³-hybridized carbons (Fsp3) is 0.500. The van der Waals surface area contributed by atoms with Crippen molar-refractivity contribution >= 4 is 15.9 Å². The van der Waals surface area contributed by atoms with Gasteiger partial charge in [-0.25, -0.2) is 0 Å². The smallest absolute Gasteiger partial charge is 0.172 e. The molecule has 0 aliphatic carbocycles. The van der Waals surface area contributed by atoms with Gasteiger partial charge in [-0.15, -0.1) is 0 Å². The number of aromatic hydroxyl groups is 1. The fourth-order valence-electron chi connectivity index (χ4n) is 2.31. The first-order valence-electron chi connectivity index (χ1n) is 5.41. The molecule has 2 rings (SSSR count). The van der Waals surface area contributed by atoms with Crippen molar-refractivity contribution in [1.82, 2.24) is 5.32 Å². The molecule has 1 atom stereocenters. The van der Waals surface area contributed by atoms with Crippen molar-refractivity contribution in [3.05, 3.63) is 21.7 Å². The van der Waals surface area contributed by atoms with Gasteiger partial charge in [-0.05, 0) is 58.9 Å². The average Bonchev–Trinajstić information content (AvgIpc) is 2.77. The zero-order chi connectivity index (χ0) is 11.7. The molecule has 1 fully saturated rings. The fourth-order valence-corrected chi connectivity index (χ4v) is 3.14. The molecule has 1 unspecified atom stereocenters. The number of phenolic OH excluding ortho intramolecular Hbond substituents is 1. The highest BCUT2D eigenvalue weighted by Crippen LogP contribution is 2.42. The molecule has 0 bridgehead atoms. The van der Waals surface area contributed by atoms with Crippen LogP contribution in [0.1, 0.15) is 23.5 Å². The van der Waals surface area contributed by atoms with E-state index in [1.54, 1.807) is 7.11 Å². The molecule has 0 saturated carbocycles. The van der Waals surface area contributed by atoms with Crippen molar-refractivity contribution in [1.29, 1.82) is 0 Å². The van der Waals surface area contributed by atoms with Crippen LogP contribution < -0.4 is 10.1 Å². The van der Waals surface area contributed by atoms with Crippen LogP contribution in [0.5, 0.6) is 11.5 Å². The summed E-state index contributed by atoms with van der Waals surface area (Å²) in [6.07, 6.45) is 1.12. The minimum atomic E-state index is 0.204. The van der Waals surface area contributed by atoms with Gasteiger partial charge in [0.05, 0.1) is 11.6 Å². The van der Waals surface area contributed by atoms with Crippen molar-refractivity contribution in [2.24, 2.45) is 0 Å². The molecule has 2 N–H and O–H groups in total. The highest BCUT2D eigenvalue weighted by atomic mass is 79.9. The van der Waals surface area contributed by atoms with E-state index in [9.17, 15) is 5.11 Å². The Morgan fingerprint density at radius 3 is 2.88 bits per heavy atom. The largest absolute Gasteiger partial charge is 0.503 e. The van der Waals surface area contributed by atoms with E-state index in [-0.39, 0.29) is 5.75 Å². The molecule has 88 valence electrons. The summed E-state index contributed by atoms with van der Waals surface area (Å²) in [6, 6.07) is 1.90. The lowest BCUT2D eigenvalue weighted by molar-refractivity contribution is 0.370. The Labute approximate surface area is 104 Å². The van der Waals surface area contributed by atoms with Crippen LogP contribution in [0.2, 0.25) is 0 Å². The first-order valence-corrected chi connectivity index (χ1v) is 6.21. The van der Waals surface area contributed by atoms with E-state index in [1.807, 2.05) is 6.07 Å². The number of hydrogen-bond donors (Lipinski definition) is 2. The molecule has 4 heteroatoms. The molecule has 0 spiro atoms. The third-order valence-corrected chi connectivity index (χ3v) is 3.94. The van der Waals surface area contributed by atoms with Gasteiger partial charge in [0, 0.05) is 6.54 Å². The molecule has 0 amide bonds. The van der Waals surface area contributed by atoms with Crippen molar-refractivity contribution in [2.75, 3.05) is 20.2 Å². The zero-order valence-electron chi connectivity index (χ0n) is 9.51. The molecule has 0 radical (unpaired) electrons. The van der Waals surface area contributed by atoms with E-state index in [4.69, 9.17) is 4.74 Å². The zero-order valence-corrected chi connectivity index (χ0v) is 11.1. The normalized spacial score (nSPS) is 20.1. The van der Waals surface area contributed by atoms with E-state index in [0.29, 0.717) is 11.7 Å². The molecule has 1 aliphatic rings. The maximum absolute atomic E-state index is 9.97. The minimum Gasteiger partial charge on any atom is -0.503 e. The van der Waals surface area contributed by atoms with Crippen molar-refractivity contribution < 1.29 is 9.84 Å². The lowest BCUT2D eigenvalue weighted by atomic mass is 9.93. The van der Waals surface area contributed by atoms with Crippen LogP contribution in [0.3, 0.4) is 0 Å². The Hall–Kier alpha value is -0.740. The number of aryl methyl sites for hydroxylation is 1. The van der Waals surface area contributed by atoms with Gasteiger partial charge in [0.2, 0.25) is 0 Å². The number of rotatable bonds is 2. The van der Waals surface area contributed by atoms with Gasteiger partial charge in [-0.1, -0.05) is 0 Å². The third kappa shape index (κ3) is 1.92. The molecule has 16 heavy (non-hydrogen) atoms. The van der Waals surface area contributed by atoms with Gasteiger partial charge in [-0.3, -0.25) is 0 Å². The predicted octanol–water partition coefficient (Wildman–Crippen LogP) is 2.55. The number of benzene rings is 1. The number of halogens is 1. The molecule has 3 nitrogen and oxygen atoms in total. The van der Waals surface area contributed by atoms with Gasteiger partial charge < -0.3 is 15.2 Å². The first kappa shape index (κ1) is 11.7. The highest BCUT2D eigenvalue weighted by Gasteiger charge is 2.24. The second-order valence-electron chi connectivity index (χ2n) is 4.16. The van der Waals surface area contributed by atoms with Crippen LogP contribution in [-0.2, 0) is 0 Å². The second kappa shape index (κ2) is 4.63. The number of hydrogen-bond acceptors (Lipinski definition) is 3. The molecule has 1 aromatic rings. The number of ether oxygens (including phenoxy) is 1. The molecule has 1 aliphatic heterocycles. The summed E-state index contributed by atoms with van der Waals surface area (Å²) in [5.41, 5.74) is 2.36. The third-order valence-electron chi connectivity index (χ3n) is 3.14. The molecule has 1 heterocycles. The van der Waals surface area contributed by atoms with Gasteiger partial charge in [0.1, 0.15) is 0 Å². The molecular formula is C12H16BrNO2. The predicted molar refractivity (Wildman–Crippen MR) is 67.3 cm³/mol. The summed E-state index contributed by atoms with van der Waals surface area (Å²) < 4.78 is 5.90. The summed E-state index contributed by atoms with van der Waals surface area (Å²) in [7, 11) is 1.57. The van der Waals surface area contributed by atoms with Crippen LogP contribution in [0.15, 0.2) is 10.5 Å². The van der Waals surface area contributed by atoms with E-state index < -0.39 is 0 Å².